The van der Waals surface area contributed by atoms with Crippen LogP contribution >= 0.6 is 0 Å². The molecule has 1 N–H and O–H groups in total. The lowest BCUT2D eigenvalue weighted by Gasteiger charge is -2.10. The summed E-state index contributed by atoms with van der Waals surface area (Å²) < 4.78 is 43.1. The summed E-state index contributed by atoms with van der Waals surface area (Å²) in [7, 11) is 0. The highest BCUT2D eigenvalue weighted by molar-refractivity contribution is 6.04. The Morgan fingerprint density at radius 1 is 1.26 bits per heavy atom. The molecule has 1 aromatic heterocycles. The first-order valence-corrected chi connectivity index (χ1v) is 6.91. The van der Waals surface area contributed by atoms with Gasteiger partial charge in [-0.05, 0) is 37.3 Å². The van der Waals surface area contributed by atoms with Crippen molar-refractivity contribution in [2.45, 2.75) is 19.7 Å². The molecule has 0 saturated carbocycles. The van der Waals surface area contributed by atoms with E-state index in [1.165, 1.54) is 18.3 Å². The summed E-state index contributed by atoms with van der Waals surface area (Å²) in [6.07, 6.45) is -3.10. The topological polar surface area (TPSA) is 51.2 Å². The quantitative estimate of drug-likeness (QED) is 0.908. The van der Waals surface area contributed by atoms with Crippen molar-refractivity contribution < 1.29 is 22.7 Å². The molecule has 0 spiro atoms. The number of carbonyl (C=O) groups excluding carboxylic acids is 1. The Balaban J connectivity index is 2.07. The monoisotopic (exact) mass is 324 g/mol. The van der Waals surface area contributed by atoms with Crippen molar-refractivity contribution in [2.24, 2.45) is 0 Å². The Morgan fingerprint density at radius 3 is 2.65 bits per heavy atom. The molecule has 1 aromatic carbocycles. The fourth-order valence-electron chi connectivity index (χ4n) is 1.83. The Kier molecular flexibility index (Phi) is 5.33. The van der Waals surface area contributed by atoms with Crippen LogP contribution in [0.2, 0.25) is 0 Å². The van der Waals surface area contributed by atoms with Crippen molar-refractivity contribution in [3.05, 3.63) is 59.4 Å². The summed E-state index contributed by atoms with van der Waals surface area (Å²) >= 11 is 0. The molecule has 2 rings (SSSR count). The normalized spacial score (nSPS) is 11.3. The molecule has 0 aliphatic rings. The van der Waals surface area contributed by atoms with Gasteiger partial charge < -0.3 is 10.1 Å². The van der Waals surface area contributed by atoms with Crippen LogP contribution in [0.15, 0.2) is 42.6 Å². The molecule has 0 bridgehead atoms. The second kappa shape index (κ2) is 7.23. The third-order valence-electron chi connectivity index (χ3n) is 2.99. The van der Waals surface area contributed by atoms with E-state index in [1.54, 1.807) is 12.1 Å². The van der Waals surface area contributed by atoms with Crippen molar-refractivity contribution in [1.82, 2.24) is 4.98 Å². The van der Waals surface area contributed by atoms with E-state index in [4.69, 9.17) is 4.74 Å². The fraction of sp³-hybridized carbons (Fsp3) is 0.250. The van der Waals surface area contributed by atoms with Gasteiger partial charge in [-0.3, -0.25) is 9.78 Å². The molecule has 2 aromatic rings. The SMILES string of the molecule is CCOCc1ccc(C(=O)Nc2cccc(C(F)(F)F)c2)cn1. The summed E-state index contributed by atoms with van der Waals surface area (Å²) in [5.74, 6) is -0.528. The number of ether oxygens (including phenoxy) is 1. The number of nitrogens with one attached hydrogen (secondary N) is 1. The van der Waals surface area contributed by atoms with Gasteiger partial charge in [-0.2, -0.15) is 13.2 Å². The van der Waals surface area contributed by atoms with Gasteiger partial charge in [0.2, 0.25) is 0 Å². The minimum absolute atomic E-state index is 0.0724. The highest BCUT2D eigenvalue weighted by Crippen LogP contribution is 2.30. The Labute approximate surface area is 131 Å². The van der Waals surface area contributed by atoms with Gasteiger partial charge in [-0.15, -0.1) is 0 Å². The van der Waals surface area contributed by atoms with Crippen LogP contribution < -0.4 is 5.32 Å². The van der Waals surface area contributed by atoms with Gasteiger partial charge in [0, 0.05) is 18.5 Å². The number of amides is 1. The molecule has 0 saturated heterocycles. The molecular weight excluding hydrogens is 309 g/mol. The molecule has 4 nitrogen and oxygen atoms in total. The smallest absolute Gasteiger partial charge is 0.375 e. The van der Waals surface area contributed by atoms with E-state index in [-0.39, 0.29) is 11.3 Å². The van der Waals surface area contributed by atoms with E-state index in [9.17, 15) is 18.0 Å². The van der Waals surface area contributed by atoms with E-state index in [1.807, 2.05) is 6.92 Å². The maximum atomic E-state index is 12.6. The molecule has 0 aliphatic heterocycles. The van der Waals surface area contributed by atoms with Gasteiger partial charge >= 0.3 is 6.18 Å². The highest BCUT2D eigenvalue weighted by atomic mass is 19.4. The average Bonchev–Trinajstić information content (AvgIpc) is 2.53. The lowest BCUT2D eigenvalue weighted by molar-refractivity contribution is -0.137. The van der Waals surface area contributed by atoms with Crippen LogP contribution in [0.5, 0.6) is 0 Å². The number of benzene rings is 1. The molecule has 122 valence electrons. The molecule has 1 amide bonds. The fourth-order valence-corrected chi connectivity index (χ4v) is 1.83. The van der Waals surface area contributed by atoms with Crippen molar-refractivity contribution in [3.63, 3.8) is 0 Å². The first-order valence-electron chi connectivity index (χ1n) is 6.91. The lowest BCUT2D eigenvalue weighted by Crippen LogP contribution is -2.13. The number of carbonyl (C=O) groups is 1. The molecule has 7 heteroatoms. The number of anilines is 1. The van der Waals surface area contributed by atoms with E-state index >= 15 is 0 Å². The minimum atomic E-state index is -4.46. The van der Waals surface area contributed by atoms with Gasteiger partial charge in [0.25, 0.3) is 5.91 Å². The summed E-state index contributed by atoms with van der Waals surface area (Å²) in [6, 6.07) is 7.64. The number of halogens is 3. The molecular formula is C16H15F3N2O2. The maximum absolute atomic E-state index is 12.6. The third-order valence-corrected chi connectivity index (χ3v) is 2.99. The predicted molar refractivity (Wildman–Crippen MR) is 79.0 cm³/mol. The van der Waals surface area contributed by atoms with Gasteiger partial charge in [0.1, 0.15) is 0 Å². The number of hydrogen-bond donors (Lipinski definition) is 1. The summed E-state index contributed by atoms with van der Waals surface area (Å²) in [5.41, 5.74) is 0.175. The van der Waals surface area contributed by atoms with E-state index < -0.39 is 17.6 Å². The Morgan fingerprint density at radius 2 is 2.04 bits per heavy atom. The molecule has 0 atom stereocenters. The van der Waals surface area contributed by atoms with Crippen LogP contribution in [0.25, 0.3) is 0 Å². The van der Waals surface area contributed by atoms with Gasteiger partial charge in [0.05, 0.1) is 23.4 Å². The van der Waals surface area contributed by atoms with Crippen LogP contribution in [0.4, 0.5) is 18.9 Å². The number of nitrogens with zero attached hydrogens (tertiary/aromatic N) is 1. The number of aromatic nitrogens is 1. The zero-order valence-electron chi connectivity index (χ0n) is 12.4. The molecule has 0 radical (unpaired) electrons. The Bertz CT molecular complexity index is 670. The van der Waals surface area contributed by atoms with E-state index in [0.717, 1.165) is 12.1 Å². The first-order chi connectivity index (χ1) is 10.9. The minimum Gasteiger partial charge on any atom is -0.375 e. The van der Waals surface area contributed by atoms with Crippen LogP contribution in [-0.4, -0.2) is 17.5 Å². The molecule has 0 unspecified atom stereocenters. The lowest BCUT2D eigenvalue weighted by atomic mass is 10.2. The second-order valence-corrected chi connectivity index (χ2v) is 4.71. The van der Waals surface area contributed by atoms with Crippen LogP contribution in [0.1, 0.15) is 28.5 Å². The number of alkyl halides is 3. The zero-order chi connectivity index (χ0) is 16.9. The maximum Gasteiger partial charge on any atom is 0.416 e. The Hall–Kier alpha value is -2.41. The van der Waals surface area contributed by atoms with Crippen molar-refractivity contribution >= 4 is 11.6 Å². The highest BCUT2D eigenvalue weighted by Gasteiger charge is 2.30. The van der Waals surface area contributed by atoms with E-state index in [0.29, 0.717) is 18.9 Å². The number of hydrogen-bond acceptors (Lipinski definition) is 3. The van der Waals surface area contributed by atoms with Gasteiger partial charge in [-0.25, -0.2) is 0 Å². The van der Waals surface area contributed by atoms with Crippen LogP contribution in [0.3, 0.4) is 0 Å². The van der Waals surface area contributed by atoms with Gasteiger partial charge in [0.15, 0.2) is 0 Å². The first kappa shape index (κ1) is 17.0. The predicted octanol–water partition coefficient (Wildman–Crippen LogP) is 3.89. The van der Waals surface area contributed by atoms with E-state index in [2.05, 4.69) is 10.3 Å². The van der Waals surface area contributed by atoms with Crippen molar-refractivity contribution in [3.8, 4) is 0 Å². The summed E-state index contributed by atoms with van der Waals surface area (Å²) in [5, 5.41) is 2.42. The van der Waals surface area contributed by atoms with Crippen LogP contribution in [0, 0.1) is 0 Å². The largest absolute Gasteiger partial charge is 0.416 e. The average molecular weight is 324 g/mol. The standard InChI is InChI=1S/C16H15F3N2O2/c1-2-23-10-14-7-6-11(9-20-14)15(22)21-13-5-3-4-12(8-13)16(17,18)19/h3-9H,2,10H2,1H3,(H,21,22). The van der Waals surface area contributed by atoms with Crippen LogP contribution in [-0.2, 0) is 17.5 Å². The summed E-state index contributed by atoms with van der Waals surface area (Å²) in [6.45, 7) is 2.75. The van der Waals surface area contributed by atoms with Gasteiger partial charge in [-0.1, -0.05) is 6.07 Å². The van der Waals surface area contributed by atoms with Crippen molar-refractivity contribution in [1.29, 1.82) is 0 Å². The summed E-state index contributed by atoms with van der Waals surface area (Å²) in [4.78, 5) is 16.1. The molecule has 0 aliphatic carbocycles. The zero-order valence-corrected chi connectivity index (χ0v) is 12.4. The molecule has 23 heavy (non-hydrogen) atoms. The second-order valence-electron chi connectivity index (χ2n) is 4.71. The molecule has 1 heterocycles. The van der Waals surface area contributed by atoms with Crippen molar-refractivity contribution in [2.75, 3.05) is 11.9 Å². The number of rotatable bonds is 5. The number of pyridine rings is 1. The third kappa shape index (κ3) is 4.79. The molecule has 0 fully saturated rings.